The van der Waals surface area contributed by atoms with Gasteiger partial charge in [-0.25, -0.2) is 8.42 Å². The summed E-state index contributed by atoms with van der Waals surface area (Å²) in [7, 11) is -3.72. The van der Waals surface area contributed by atoms with E-state index in [0.717, 1.165) is 11.3 Å². The normalized spacial score (nSPS) is 11.6. The fourth-order valence-electron chi connectivity index (χ4n) is 1.60. The van der Waals surface area contributed by atoms with Crippen molar-refractivity contribution >= 4 is 54.6 Å². The second-order valence-electron chi connectivity index (χ2n) is 4.20. The van der Waals surface area contributed by atoms with Gasteiger partial charge in [-0.2, -0.15) is 0 Å². The first-order valence-electron chi connectivity index (χ1n) is 5.49. The van der Waals surface area contributed by atoms with Crippen LogP contribution < -0.4 is 4.72 Å². The molecule has 8 heteroatoms. The molecule has 0 fully saturated rings. The Morgan fingerprint density at radius 3 is 2.55 bits per heavy atom. The van der Waals surface area contributed by atoms with Gasteiger partial charge < -0.3 is 5.11 Å². The molecule has 0 radical (unpaired) electrons. The van der Waals surface area contributed by atoms with E-state index in [4.69, 9.17) is 11.6 Å². The van der Waals surface area contributed by atoms with Gasteiger partial charge in [-0.05, 0) is 47.5 Å². The lowest BCUT2D eigenvalue weighted by Gasteiger charge is -2.11. The van der Waals surface area contributed by atoms with Crippen LogP contribution in [0.25, 0.3) is 0 Å². The van der Waals surface area contributed by atoms with Gasteiger partial charge in [0.1, 0.15) is 9.96 Å². The van der Waals surface area contributed by atoms with Gasteiger partial charge >= 0.3 is 0 Å². The molecule has 0 aliphatic carbocycles. The highest BCUT2D eigenvalue weighted by Crippen LogP contribution is 2.36. The van der Waals surface area contributed by atoms with Crippen molar-refractivity contribution in [2.45, 2.75) is 18.1 Å². The fraction of sp³-hybridized carbons (Fsp3) is 0.167. The van der Waals surface area contributed by atoms with E-state index in [1.165, 1.54) is 6.07 Å². The van der Waals surface area contributed by atoms with E-state index >= 15 is 0 Å². The van der Waals surface area contributed by atoms with Crippen LogP contribution in [-0.2, 0) is 10.0 Å². The Bertz CT molecular complexity index is 752. The van der Waals surface area contributed by atoms with E-state index in [-0.39, 0.29) is 9.96 Å². The Kier molecular flexibility index (Phi) is 4.34. The molecule has 0 bridgehead atoms. The number of aryl methyl sites for hydroxylation is 1. The Labute approximate surface area is 134 Å². The van der Waals surface area contributed by atoms with Gasteiger partial charge in [0, 0.05) is 5.56 Å². The minimum Gasteiger partial charge on any atom is -0.507 e. The average molecular weight is 397 g/mol. The molecule has 2 aromatic rings. The number of hydrogen-bond acceptors (Lipinski definition) is 4. The van der Waals surface area contributed by atoms with Gasteiger partial charge in [0.05, 0.1) is 14.5 Å². The third kappa shape index (κ3) is 2.95. The van der Waals surface area contributed by atoms with Gasteiger partial charge in [-0.1, -0.05) is 17.7 Å². The molecule has 0 saturated carbocycles. The van der Waals surface area contributed by atoms with E-state index in [1.807, 2.05) is 0 Å². The van der Waals surface area contributed by atoms with Crippen LogP contribution in [-0.4, -0.2) is 13.5 Å². The van der Waals surface area contributed by atoms with E-state index < -0.39 is 10.0 Å². The summed E-state index contributed by atoms with van der Waals surface area (Å²) in [5.41, 5.74) is 1.51. The molecule has 0 atom stereocenters. The third-order valence-electron chi connectivity index (χ3n) is 2.76. The molecule has 0 unspecified atom stereocenters. The summed E-state index contributed by atoms with van der Waals surface area (Å²) >= 11 is 10.1. The minimum absolute atomic E-state index is 0.0793. The summed E-state index contributed by atoms with van der Waals surface area (Å²) in [6, 6.07) is 4.64. The van der Waals surface area contributed by atoms with Crippen molar-refractivity contribution in [3.05, 3.63) is 38.1 Å². The molecule has 20 heavy (non-hydrogen) atoms. The summed E-state index contributed by atoms with van der Waals surface area (Å²) < 4.78 is 27.6. The number of benzene rings is 1. The predicted octanol–water partition coefficient (Wildman–Crippen LogP) is 4.29. The molecular weight excluding hydrogens is 386 g/mol. The number of phenolic OH excluding ortho intramolecular Hbond substituents is 1. The zero-order valence-corrected chi connectivity index (χ0v) is 14.5. The Hall–Kier alpha value is -0.760. The number of sulfonamides is 1. The average Bonchev–Trinajstić information content (AvgIpc) is 2.71. The van der Waals surface area contributed by atoms with Crippen molar-refractivity contribution in [1.82, 2.24) is 0 Å². The Morgan fingerprint density at radius 1 is 1.35 bits per heavy atom. The largest absolute Gasteiger partial charge is 0.507 e. The van der Waals surface area contributed by atoms with Crippen LogP contribution in [0.3, 0.4) is 0 Å². The zero-order chi connectivity index (χ0) is 15.1. The molecule has 1 aromatic heterocycles. The molecule has 2 N–H and O–H groups in total. The maximum absolute atomic E-state index is 12.3. The van der Waals surface area contributed by atoms with Crippen LogP contribution in [0.15, 0.2) is 26.2 Å². The van der Waals surface area contributed by atoms with Gasteiger partial charge in [-0.15, -0.1) is 11.3 Å². The number of hydrogen-bond donors (Lipinski definition) is 2. The molecule has 0 aliphatic rings. The summed E-state index contributed by atoms with van der Waals surface area (Å²) in [6.45, 7) is 3.40. The predicted molar refractivity (Wildman–Crippen MR) is 85.4 cm³/mol. The quantitative estimate of drug-likeness (QED) is 0.813. The highest BCUT2D eigenvalue weighted by molar-refractivity contribution is 9.11. The van der Waals surface area contributed by atoms with Crippen molar-refractivity contribution in [1.29, 1.82) is 0 Å². The fourth-order valence-corrected chi connectivity index (χ4v) is 5.12. The Balaban J connectivity index is 2.41. The number of aromatic hydroxyl groups is 1. The zero-order valence-electron chi connectivity index (χ0n) is 10.6. The van der Waals surface area contributed by atoms with Crippen molar-refractivity contribution < 1.29 is 13.5 Å². The molecule has 2 rings (SSSR count). The van der Waals surface area contributed by atoms with Gasteiger partial charge in [0.15, 0.2) is 0 Å². The van der Waals surface area contributed by atoms with Crippen LogP contribution in [0.5, 0.6) is 5.75 Å². The lowest BCUT2D eigenvalue weighted by molar-refractivity contribution is 0.467. The molecule has 1 heterocycles. The maximum Gasteiger partial charge on any atom is 0.271 e. The number of halogens is 2. The highest BCUT2D eigenvalue weighted by Gasteiger charge is 2.20. The second-order valence-corrected chi connectivity index (χ2v) is 8.88. The van der Waals surface area contributed by atoms with Crippen LogP contribution >= 0.6 is 38.9 Å². The minimum atomic E-state index is -3.72. The third-order valence-corrected chi connectivity index (χ3v) is 7.08. The maximum atomic E-state index is 12.3. The summed E-state index contributed by atoms with van der Waals surface area (Å²) in [6.07, 6.45) is 0. The van der Waals surface area contributed by atoms with Gasteiger partial charge in [-0.3, -0.25) is 4.72 Å². The standard InChI is InChI=1S/C12H11BrClNO3S2/c1-6-3-4-9(7(2)11(6)16)15-20(17,18)10-5-8(14)12(13)19-10/h3-5,15-16H,1-2H3. The topological polar surface area (TPSA) is 66.4 Å². The molecule has 0 amide bonds. The lowest BCUT2D eigenvalue weighted by Crippen LogP contribution is -2.12. The smallest absolute Gasteiger partial charge is 0.271 e. The van der Waals surface area contributed by atoms with Crippen molar-refractivity contribution in [3.8, 4) is 5.75 Å². The van der Waals surface area contributed by atoms with Gasteiger partial charge in [0.25, 0.3) is 10.0 Å². The van der Waals surface area contributed by atoms with Crippen LogP contribution in [0.2, 0.25) is 5.02 Å². The summed E-state index contributed by atoms with van der Waals surface area (Å²) in [5, 5.41) is 10.2. The molecule has 4 nitrogen and oxygen atoms in total. The number of anilines is 1. The van der Waals surface area contributed by atoms with Gasteiger partial charge in [0.2, 0.25) is 0 Å². The second kappa shape index (κ2) is 5.55. The molecule has 1 aromatic carbocycles. The number of nitrogens with one attached hydrogen (secondary N) is 1. The van der Waals surface area contributed by atoms with Crippen LogP contribution in [0, 0.1) is 13.8 Å². The first-order chi connectivity index (χ1) is 9.22. The first kappa shape index (κ1) is 15.6. The molecule has 108 valence electrons. The first-order valence-corrected chi connectivity index (χ1v) is 8.96. The van der Waals surface area contributed by atoms with E-state index in [2.05, 4.69) is 20.7 Å². The van der Waals surface area contributed by atoms with Crippen LogP contribution in [0.1, 0.15) is 11.1 Å². The number of thiophene rings is 1. The van der Waals surface area contributed by atoms with E-state index in [9.17, 15) is 13.5 Å². The molecule has 0 aliphatic heterocycles. The summed E-state index contributed by atoms with van der Waals surface area (Å²) in [5.74, 6) is 0.0793. The van der Waals surface area contributed by atoms with E-state index in [1.54, 1.807) is 26.0 Å². The summed E-state index contributed by atoms with van der Waals surface area (Å²) in [4.78, 5) is 0. The Morgan fingerprint density at radius 2 is 2.00 bits per heavy atom. The number of phenols is 1. The molecule has 0 saturated heterocycles. The van der Waals surface area contributed by atoms with Crippen molar-refractivity contribution in [2.75, 3.05) is 4.72 Å². The van der Waals surface area contributed by atoms with Crippen molar-refractivity contribution in [2.24, 2.45) is 0 Å². The molecule has 0 spiro atoms. The highest BCUT2D eigenvalue weighted by atomic mass is 79.9. The number of rotatable bonds is 3. The van der Waals surface area contributed by atoms with Crippen molar-refractivity contribution in [3.63, 3.8) is 0 Å². The monoisotopic (exact) mass is 395 g/mol. The molecular formula is C12H11BrClNO3S2. The lowest BCUT2D eigenvalue weighted by atomic mass is 10.1. The van der Waals surface area contributed by atoms with E-state index in [0.29, 0.717) is 25.6 Å². The van der Waals surface area contributed by atoms with Crippen LogP contribution in [0.4, 0.5) is 5.69 Å². The SMILES string of the molecule is Cc1ccc(NS(=O)(=O)c2cc(Cl)c(Br)s2)c(C)c1O.